The van der Waals surface area contributed by atoms with Crippen molar-refractivity contribution in [2.24, 2.45) is 11.8 Å². The predicted molar refractivity (Wildman–Crippen MR) is 112 cm³/mol. The molecule has 0 radical (unpaired) electrons. The molecule has 0 saturated carbocycles. The first-order valence-corrected chi connectivity index (χ1v) is 10.4. The third-order valence-electron chi connectivity index (χ3n) is 6.17. The molecule has 1 unspecified atom stereocenters. The highest BCUT2D eigenvalue weighted by molar-refractivity contribution is 6.00. The van der Waals surface area contributed by atoms with Crippen molar-refractivity contribution < 1.29 is 46.9 Å². The van der Waals surface area contributed by atoms with Crippen LogP contribution in [0.5, 0.6) is 0 Å². The van der Waals surface area contributed by atoms with Gasteiger partial charge in [0.1, 0.15) is 17.9 Å². The van der Waals surface area contributed by atoms with E-state index in [4.69, 9.17) is 9.15 Å². The Hall–Kier alpha value is -3.87. The zero-order valence-corrected chi connectivity index (χ0v) is 18.3. The molecule has 4 rings (SSSR count). The molecule has 0 aliphatic carbocycles. The summed E-state index contributed by atoms with van der Waals surface area (Å²) in [7, 11) is 0. The molecule has 35 heavy (non-hydrogen) atoms. The van der Waals surface area contributed by atoms with Crippen molar-refractivity contribution in [1.29, 1.82) is 0 Å². The lowest BCUT2D eigenvalue weighted by atomic mass is 9.78. The molecular formula is C22H19F3N2O8. The van der Waals surface area contributed by atoms with E-state index >= 15 is 0 Å². The smallest absolute Gasteiger partial charge is 0.417 e. The summed E-state index contributed by atoms with van der Waals surface area (Å²) in [5.41, 5.74) is -2.99. The number of carbonyl (C=O) groups is 3. The number of ether oxygens (including phenoxy) is 1. The summed E-state index contributed by atoms with van der Waals surface area (Å²) in [6, 6.07) is 2.94. The lowest BCUT2D eigenvalue weighted by molar-refractivity contribution is -0.163. The van der Waals surface area contributed by atoms with Crippen LogP contribution in [-0.2, 0) is 20.5 Å². The van der Waals surface area contributed by atoms with Crippen LogP contribution in [0.15, 0.2) is 44.7 Å². The second-order valence-corrected chi connectivity index (χ2v) is 8.32. The van der Waals surface area contributed by atoms with E-state index in [2.05, 4.69) is 5.32 Å². The van der Waals surface area contributed by atoms with Crippen molar-refractivity contribution >= 4 is 34.6 Å². The van der Waals surface area contributed by atoms with Crippen molar-refractivity contribution in [3.63, 3.8) is 0 Å². The summed E-state index contributed by atoms with van der Waals surface area (Å²) in [6.45, 7) is 2.59. The van der Waals surface area contributed by atoms with Crippen LogP contribution in [-0.4, -0.2) is 51.8 Å². The molecule has 186 valence electrons. The number of carbonyl (C=O) groups excluding carboxylic acids is 2. The number of benzene rings is 1. The first-order chi connectivity index (χ1) is 16.3. The summed E-state index contributed by atoms with van der Waals surface area (Å²) in [4.78, 5) is 49.0. The Morgan fingerprint density at radius 3 is 2.54 bits per heavy atom. The van der Waals surface area contributed by atoms with E-state index in [-0.39, 0.29) is 22.3 Å². The van der Waals surface area contributed by atoms with Crippen LogP contribution < -0.4 is 10.9 Å². The SMILES string of the molecule is CC(O)[C@H]1C(=O)N2C(C(=O)O)=C(COC(=O)Nc3ccc4c(C(F)(F)F)cc(=O)oc4c3)[C@H](C)[C@H]12. The molecule has 2 amide bonds. The molecule has 0 spiro atoms. The number of aliphatic carboxylic acids is 1. The van der Waals surface area contributed by atoms with Gasteiger partial charge in [0.2, 0.25) is 5.91 Å². The highest BCUT2D eigenvalue weighted by Crippen LogP contribution is 2.47. The van der Waals surface area contributed by atoms with Crippen LogP contribution in [0, 0.1) is 11.8 Å². The average molecular weight is 496 g/mol. The molecule has 2 aromatic rings. The summed E-state index contributed by atoms with van der Waals surface area (Å²) in [5.74, 6) is -3.22. The number of anilines is 1. The second kappa shape index (κ2) is 8.41. The number of carboxylic acids is 1. The van der Waals surface area contributed by atoms with Gasteiger partial charge in [-0.2, -0.15) is 13.2 Å². The van der Waals surface area contributed by atoms with E-state index < -0.39 is 71.5 Å². The number of nitrogens with one attached hydrogen (secondary N) is 1. The van der Waals surface area contributed by atoms with Crippen LogP contribution >= 0.6 is 0 Å². The van der Waals surface area contributed by atoms with Gasteiger partial charge in [0.15, 0.2) is 0 Å². The molecule has 13 heteroatoms. The third-order valence-corrected chi connectivity index (χ3v) is 6.17. The van der Waals surface area contributed by atoms with E-state index in [1.54, 1.807) is 6.92 Å². The summed E-state index contributed by atoms with van der Waals surface area (Å²) >= 11 is 0. The first-order valence-electron chi connectivity index (χ1n) is 10.4. The van der Waals surface area contributed by atoms with Crippen molar-refractivity contribution in [2.75, 3.05) is 11.9 Å². The fourth-order valence-electron chi connectivity index (χ4n) is 4.61. The summed E-state index contributed by atoms with van der Waals surface area (Å²) < 4.78 is 49.4. The lowest BCUT2D eigenvalue weighted by Gasteiger charge is -2.46. The third kappa shape index (κ3) is 4.11. The number of carboxylic acid groups (broad SMARTS) is 1. The van der Waals surface area contributed by atoms with Crippen LogP contribution in [0.2, 0.25) is 0 Å². The quantitative estimate of drug-likeness (QED) is 0.423. The Bertz CT molecular complexity index is 1330. The van der Waals surface area contributed by atoms with Gasteiger partial charge in [0.05, 0.1) is 23.6 Å². The van der Waals surface area contributed by atoms with Crippen molar-refractivity contribution in [3.8, 4) is 0 Å². The summed E-state index contributed by atoms with van der Waals surface area (Å²) in [5, 5.41) is 21.3. The Morgan fingerprint density at radius 2 is 1.94 bits per heavy atom. The normalized spacial score (nSPS) is 22.6. The molecule has 2 aliphatic rings. The Kier molecular flexibility index (Phi) is 5.83. The minimum Gasteiger partial charge on any atom is -0.477 e. The van der Waals surface area contributed by atoms with Gasteiger partial charge >= 0.3 is 23.9 Å². The molecule has 1 saturated heterocycles. The molecule has 4 atom stereocenters. The van der Waals surface area contributed by atoms with Crippen LogP contribution in [0.3, 0.4) is 0 Å². The standard InChI is InChI=1S/C22H19F3N2O8/c1-8-12(18(20(31)32)27-17(8)16(9(2)28)19(27)30)7-34-21(33)26-10-3-4-11-13(22(23,24)25)6-15(29)35-14(11)5-10/h3-6,8-9,16-17,28H,7H2,1-2H3,(H,26,33)(H,31,32)/t8-,9?,16+,17+/m0/s1. The number of aliphatic hydroxyl groups is 1. The van der Waals surface area contributed by atoms with Gasteiger partial charge in [0, 0.05) is 34.7 Å². The molecule has 0 bridgehead atoms. The van der Waals surface area contributed by atoms with E-state index in [0.717, 1.165) is 23.1 Å². The molecule has 1 aromatic carbocycles. The molecule has 10 nitrogen and oxygen atoms in total. The van der Waals surface area contributed by atoms with Gasteiger partial charge in [0.25, 0.3) is 0 Å². The van der Waals surface area contributed by atoms with Gasteiger partial charge < -0.3 is 24.3 Å². The maximum Gasteiger partial charge on any atom is 0.417 e. The van der Waals surface area contributed by atoms with Crippen LogP contribution in [0.25, 0.3) is 11.0 Å². The number of rotatable bonds is 5. The number of alkyl halides is 3. The molecule has 1 aromatic heterocycles. The van der Waals surface area contributed by atoms with Gasteiger partial charge in [-0.15, -0.1) is 0 Å². The highest BCUT2D eigenvalue weighted by Gasteiger charge is 2.59. The Balaban J connectivity index is 1.51. The largest absolute Gasteiger partial charge is 0.477 e. The number of aliphatic hydroxyl groups excluding tert-OH is 1. The first kappa shape index (κ1) is 24.3. The van der Waals surface area contributed by atoms with Gasteiger partial charge in [-0.25, -0.2) is 14.4 Å². The molecule has 3 N–H and O–H groups in total. The van der Waals surface area contributed by atoms with Crippen molar-refractivity contribution in [2.45, 2.75) is 32.2 Å². The number of halogens is 3. The maximum atomic E-state index is 13.2. The van der Waals surface area contributed by atoms with E-state index in [1.807, 2.05) is 0 Å². The average Bonchev–Trinajstić information content (AvgIpc) is 2.98. The zero-order chi connectivity index (χ0) is 25.8. The minimum absolute atomic E-state index is 0.0370. The monoisotopic (exact) mass is 496 g/mol. The molecular weight excluding hydrogens is 477 g/mol. The second-order valence-electron chi connectivity index (χ2n) is 8.32. The van der Waals surface area contributed by atoms with Crippen molar-refractivity contribution in [3.05, 3.63) is 51.5 Å². The number of fused-ring (bicyclic) bond motifs is 2. The molecule has 3 heterocycles. The van der Waals surface area contributed by atoms with Gasteiger partial charge in [-0.1, -0.05) is 6.92 Å². The topological polar surface area (TPSA) is 146 Å². The predicted octanol–water partition coefficient (Wildman–Crippen LogP) is 2.56. The highest BCUT2D eigenvalue weighted by atomic mass is 19.4. The van der Waals surface area contributed by atoms with Crippen LogP contribution in [0.4, 0.5) is 23.7 Å². The number of hydrogen-bond donors (Lipinski definition) is 3. The van der Waals surface area contributed by atoms with Crippen molar-refractivity contribution in [1.82, 2.24) is 4.90 Å². The fourth-order valence-corrected chi connectivity index (χ4v) is 4.61. The van der Waals surface area contributed by atoms with Gasteiger partial charge in [-0.05, 0) is 19.1 Å². The number of nitrogens with zero attached hydrogens (tertiary/aromatic N) is 1. The van der Waals surface area contributed by atoms with E-state index in [1.165, 1.54) is 6.92 Å². The minimum atomic E-state index is -4.79. The maximum absolute atomic E-state index is 13.2. The van der Waals surface area contributed by atoms with Gasteiger partial charge in [-0.3, -0.25) is 10.1 Å². The number of hydrogen-bond acceptors (Lipinski definition) is 7. The number of amides is 2. The molecule has 1 fully saturated rings. The summed E-state index contributed by atoms with van der Waals surface area (Å²) in [6.07, 6.45) is -6.84. The van der Waals surface area contributed by atoms with E-state index in [9.17, 15) is 42.6 Å². The molecule has 2 aliphatic heterocycles. The number of β-lactam (4-membered cyclic amide) rings is 1. The lowest BCUT2D eigenvalue weighted by Crippen LogP contribution is -2.63. The Morgan fingerprint density at radius 1 is 1.26 bits per heavy atom. The fraction of sp³-hybridized carbons (Fsp3) is 0.364. The van der Waals surface area contributed by atoms with Crippen LogP contribution in [0.1, 0.15) is 19.4 Å². The Labute approximate surface area is 194 Å². The zero-order valence-electron chi connectivity index (χ0n) is 18.3. The van der Waals surface area contributed by atoms with E-state index in [0.29, 0.717) is 6.07 Å².